The Hall–Kier alpha value is -3.02. The number of ether oxygens (including phenoxy) is 1. The fourth-order valence-corrected chi connectivity index (χ4v) is 4.63. The molecule has 1 aliphatic carbocycles. The van der Waals surface area contributed by atoms with Gasteiger partial charge >= 0.3 is 5.76 Å². The molecule has 1 aromatic heterocycles. The molecule has 2 fully saturated rings. The second-order valence-electron chi connectivity index (χ2n) is 8.05. The van der Waals surface area contributed by atoms with Gasteiger partial charge in [-0.05, 0) is 55.5 Å². The van der Waals surface area contributed by atoms with Gasteiger partial charge in [-0.25, -0.2) is 4.79 Å². The molecule has 2 heterocycles. The minimum Gasteiger partial charge on any atom is -0.497 e. The third-order valence-electron chi connectivity index (χ3n) is 6.41. The van der Waals surface area contributed by atoms with Crippen LogP contribution in [0.15, 0.2) is 57.7 Å². The molecule has 0 unspecified atom stereocenters. The number of amides is 1. The van der Waals surface area contributed by atoms with Gasteiger partial charge in [-0.3, -0.25) is 9.36 Å². The molecule has 0 spiro atoms. The summed E-state index contributed by atoms with van der Waals surface area (Å²) in [5.41, 5.74) is 2.01. The summed E-state index contributed by atoms with van der Waals surface area (Å²) in [5.74, 6) is 0.620. The summed E-state index contributed by atoms with van der Waals surface area (Å²) in [6.45, 7) is 1.21. The lowest BCUT2D eigenvalue weighted by Crippen LogP contribution is -2.44. The van der Waals surface area contributed by atoms with Gasteiger partial charge in [-0.1, -0.05) is 24.3 Å². The van der Waals surface area contributed by atoms with E-state index in [2.05, 4.69) is 0 Å². The molecule has 0 N–H and O–H groups in total. The molecule has 1 saturated heterocycles. The molecule has 6 heteroatoms. The van der Waals surface area contributed by atoms with Gasteiger partial charge in [0, 0.05) is 19.1 Å². The van der Waals surface area contributed by atoms with Crippen molar-refractivity contribution in [1.82, 2.24) is 9.47 Å². The molecule has 3 aromatic rings. The number of oxazole rings is 1. The third-order valence-corrected chi connectivity index (χ3v) is 6.41. The van der Waals surface area contributed by atoms with Crippen LogP contribution in [0.5, 0.6) is 5.75 Å². The molecule has 29 heavy (non-hydrogen) atoms. The molecular formula is C23H24N2O4. The smallest absolute Gasteiger partial charge is 0.420 e. The van der Waals surface area contributed by atoms with Crippen molar-refractivity contribution in [2.24, 2.45) is 0 Å². The van der Waals surface area contributed by atoms with Crippen molar-refractivity contribution in [3.05, 3.63) is 64.6 Å². The van der Waals surface area contributed by atoms with E-state index in [1.807, 2.05) is 47.4 Å². The molecule has 0 bridgehead atoms. The molecule has 2 aromatic carbocycles. The molecule has 150 valence electrons. The minimum absolute atomic E-state index is 0.0110. The lowest BCUT2D eigenvalue weighted by atomic mass is 9.94. The van der Waals surface area contributed by atoms with Crippen LogP contribution in [0, 0.1) is 0 Å². The van der Waals surface area contributed by atoms with E-state index in [1.54, 1.807) is 17.7 Å². The topological polar surface area (TPSA) is 64.7 Å². The van der Waals surface area contributed by atoms with Crippen LogP contribution in [-0.2, 0) is 16.8 Å². The summed E-state index contributed by atoms with van der Waals surface area (Å²) in [6.07, 6.45) is 3.60. The summed E-state index contributed by atoms with van der Waals surface area (Å²) < 4.78 is 12.3. The van der Waals surface area contributed by atoms with E-state index >= 15 is 0 Å². The van der Waals surface area contributed by atoms with Gasteiger partial charge < -0.3 is 14.1 Å². The molecular weight excluding hydrogens is 368 g/mol. The number of benzene rings is 2. The predicted molar refractivity (Wildman–Crippen MR) is 109 cm³/mol. The van der Waals surface area contributed by atoms with Crippen LogP contribution in [0.1, 0.15) is 31.2 Å². The molecule has 6 nitrogen and oxygen atoms in total. The Bertz CT molecular complexity index is 1110. The Kier molecular flexibility index (Phi) is 4.23. The minimum atomic E-state index is -0.418. The standard InChI is InChI=1S/C23H24N2O4/c1-28-18-10-8-16(9-11-18)23(12-13-23)21(26)24-14-4-5-17(24)15-25-19-6-2-3-7-20(19)29-22(25)27/h2-3,6-11,17H,4-5,12-15H2,1H3/t17-/m1/s1. The van der Waals surface area contributed by atoms with Crippen molar-refractivity contribution in [3.8, 4) is 5.75 Å². The van der Waals surface area contributed by atoms with Gasteiger partial charge in [0.2, 0.25) is 5.91 Å². The maximum atomic E-state index is 13.6. The fraction of sp³-hybridized carbons (Fsp3) is 0.391. The molecule has 1 saturated carbocycles. The monoisotopic (exact) mass is 392 g/mol. The number of carbonyl (C=O) groups excluding carboxylic acids is 1. The van der Waals surface area contributed by atoms with Crippen LogP contribution in [0.2, 0.25) is 0 Å². The average molecular weight is 392 g/mol. The van der Waals surface area contributed by atoms with Gasteiger partial charge in [0.05, 0.1) is 18.0 Å². The van der Waals surface area contributed by atoms with Crippen LogP contribution < -0.4 is 10.5 Å². The Balaban J connectivity index is 1.41. The van der Waals surface area contributed by atoms with E-state index in [-0.39, 0.29) is 17.7 Å². The van der Waals surface area contributed by atoms with E-state index in [0.717, 1.165) is 49.1 Å². The summed E-state index contributed by atoms with van der Waals surface area (Å²) in [7, 11) is 1.64. The Morgan fingerprint density at radius 1 is 1.17 bits per heavy atom. The number of hydrogen-bond acceptors (Lipinski definition) is 4. The number of para-hydroxylation sites is 2. The summed E-state index contributed by atoms with van der Waals surface area (Å²) in [4.78, 5) is 27.9. The third kappa shape index (κ3) is 2.94. The van der Waals surface area contributed by atoms with E-state index in [0.29, 0.717) is 12.1 Å². The van der Waals surface area contributed by atoms with Gasteiger partial charge in [0.1, 0.15) is 5.75 Å². The quantitative estimate of drug-likeness (QED) is 0.668. The van der Waals surface area contributed by atoms with E-state index in [4.69, 9.17) is 9.15 Å². The number of carbonyl (C=O) groups is 1. The first-order valence-electron chi connectivity index (χ1n) is 10.2. The van der Waals surface area contributed by atoms with E-state index < -0.39 is 5.41 Å². The first-order chi connectivity index (χ1) is 14.1. The Morgan fingerprint density at radius 3 is 2.66 bits per heavy atom. The number of nitrogens with zero attached hydrogens (tertiary/aromatic N) is 2. The van der Waals surface area contributed by atoms with E-state index in [1.165, 1.54) is 0 Å². The number of rotatable bonds is 5. The normalized spacial score (nSPS) is 20.2. The largest absolute Gasteiger partial charge is 0.497 e. The highest BCUT2D eigenvalue weighted by molar-refractivity contribution is 5.91. The van der Waals surface area contributed by atoms with Crippen molar-refractivity contribution in [1.29, 1.82) is 0 Å². The Morgan fingerprint density at radius 2 is 1.93 bits per heavy atom. The highest BCUT2D eigenvalue weighted by Crippen LogP contribution is 2.50. The van der Waals surface area contributed by atoms with Crippen molar-refractivity contribution in [2.45, 2.75) is 43.7 Å². The van der Waals surface area contributed by atoms with E-state index in [9.17, 15) is 9.59 Å². The molecule has 0 radical (unpaired) electrons. The highest BCUT2D eigenvalue weighted by Gasteiger charge is 2.54. The zero-order chi connectivity index (χ0) is 20.0. The van der Waals surface area contributed by atoms with Crippen molar-refractivity contribution < 1.29 is 13.9 Å². The summed E-state index contributed by atoms with van der Waals surface area (Å²) in [5, 5.41) is 0. The van der Waals surface area contributed by atoms with Gasteiger partial charge in [-0.2, -0.15) is 0 Å². The van der Waals surface area contributed by atoms with Crippen LogP contribution >= 0.6 is 0 Å². The number of hydrogen-bond donors (Lipinski definition) is 0. The Labute approximate surface area is 168 Å². The summed E-state index contributed by atoms with van der Waals surface area (Å²) >= 11 is 0. The van der Waals surface area contributed by atoms with Gasteiger partial charge in [0.15, 0.2) is 5.58 Å². The fourth-order valence-electron chi connectivity index (χ4n) is 4.63. The lowest BCUT2D eigenvalue weighted by molar-refractivity contribution is -0.135. The van der Waals surface area contributed by atoms with Gasteiger partial charge in [0.25, 0.3) is 0 Å². The van der Waals surface area contributed by atoms with Crippen molar-refractivity contribution in [2.75, 3.05) is 13.7 Å². The predicted octanol–water partition coefficient (Wildman–Crippen LogP) is 3.33. The molecule has 1 amide bonds. The van der Waals surface area contributed by atoms with Gasteiger partial charge in [-0.15, -0.1) is 0 Å². The number of likely N-dealkylation sites (tertiary alicyclic amines) is 1. The maximum absolute atomic E-state index is 13.6. The van der Waals surface area contributed by atoms with Crippen molar-refractivity contribution in [3.63, 3.8) is 0 Å². The second kappa shape index (κ2) is 6.79. The second-order valence-corrected chi connectivity index (χ2v) is 8.05. The lowest BCUT2D eigenvalue weighted by Gasteiger charge is -2.29. The number of aromatic nitrogens is 1. The first kappa shape index (κ1) is 18.0. The highest BCUT2D eigenvalue weighted by atomic mass is 16.5. The van der Waals surface area contributed by atoms with Crippen LogP contribution in [-0.4, -0.2) is 35.1 Å². The number of fused-ring (bicyclic) bond motifs is 1. The molecule has 2 aliphatic rings. The van der Waals surface area contributed by atoms with Crippen LogP contribution in [0.3, 0.4) is 0 Å². The van der Waals surface area contributed by atoms with Crippen LogP contribution in [0.4, 0.5) is 0 Å². The zero-order valence-electron chi connectivity index (χ0n) is 16.5. The number of methoxy groups -OCH3 is 1. The SMILES string of the molecule is COc1ccc(C2(C(=O)N3CCC[C@@H]3Cn3c(=O)oc4ccccc43)CC2)cc1. The van der Waals surface area contributed by atoms with Crippen LogP contribution in [0.25, 0.3) is 11.1 Å². The summed E-state index contributed by atoms with van der Waals surface area (Å²) in [6, 6.07) is 15.3. The molecule has 1 aliphatic heterocycles. The first-order valence-corrected chi connectivity index (χ1v) is 10.2. The molecule has 1 atom stereocenters. The average Bonchev–Trinajstić information content (AvgIpc) is 3.33. The van der Waals surface area contributed by atoms with Crippen molar-refractivity contribution >= 4 is 17.0 Å². The molecule has 5 rings (SSSR count). The maximum Gasteiger partial charge on any atom is 0.420 e. The zero-order valence-corrected chi connectivity index (χ0v) is 16.5.